The molecule has 0 aromatic heterocycles. The SMILES string of the molecule is CC(C(=O)N(Cc1ccccc1)Cc1ccccc1)C1CNC1.Cl. The molecule has 1 saturated heterocycles. The quantitative estimate of drug-likeness (QED) is 0.870. The molecule has 1 aliphatic rings. The van der Waals surface area contributed by atoms with Crippen LogP contribution in [-0.2, 0) is 17.9 Å². The van der Waals surface area contributed by atoms with Crippen molar-refractivity contribution in [3.05, 3.63) is 71.8 Å². The molecule has 0 bridgehead atoms. The van der Waals surface area contributed by atoms with Crippen molar-refractivity contribution >= 4 is 18.3 Å². The second-order valence-electron chi connectivity index (χ2n) is 6.37. The van der Waals surface area contributed by atoms with Gasteiger partial charge in [0.2, 0.25) is 5.91 Å². The normalized spacial score (nSPS) is 15.0. The zero-order valence-electron chi connectivity index (χ0n) is 14.0. The molecular weight excluding hydrogens is 320 g/mol. The Morgan fingerprint density at radius 2 is 1.46 bits per heavy atom. The van der Waals surface area contributed by atoms with Crippen molar-refractivity contribution in [3.8, 4) is 0 Å². The van der Waals surface area contributed by atoms with Crippen LogP contribution in [0, 0.1) is 11.8 Å². The molecule has 1 amide bonds. The maximum absolute atomic E-state index is 13.0. The largest absolute Gasteiger partial charge is 0.334 e. The van der Waals surface area contributed by atoms with Crippen LogP contribution in [0.25, 0.3) is 0 Å². The van der Waals surface area contributed by atoms with Gasteiger partial charge >= 0.3 is 0 Å². The summed E-state index contributed by atoms with van der Waals surface area (Å²) in [6.45, 7) is 5.31. The molecule has 3 nitrogen and oxygen atoms in total. The van der Waals surface area contributed by atoms with Gasteiger partial charge in [0.25, 0.3) is 0 Å². The zero-order chi connectivity index (χ0) is 16.1. The first-order valence-corrected chi connectivity index (χ1v) is 8.31. The average Bonchev–Trinajstić information content (AvgIpc) is 2.54. The molecule has 1 aliphatic heterocycles. The fraction of sp³-hybridized carbons (Fsp3) is 0.350. The molecule has 0 saturated carbocycles. The summed E-state index contributed by atoms with van der Waals surface area (Å²) in [6, 6.07) is 20.5. The van der Waals surface area contributed by atoms with Gasteiger partial charge in [-0.15, -0.1) is 12.4 Å². The van der Waals surface area contributed by atoms with E-state index in [1.807, 2.05) is 41.3 Å². The minimum atomic E-state index is 0. The van der Waals surface area contributed by atoms with E-state index in [2.05, 4.69) is 36.5 Å². The molecule has 4 heteroatoms. The fourth-order valence-corrected chi connectivity index (χ4v) is 2.97. The van der Waals surface area contributed by atoms with Gasteiger partial charge in [-0.1, -0.05) is 67.6 Å². The summed E-state index contributed by atoms with van der Waals surface area (Å²) in [6.07, 6.45) is 0. The summed E-state index contributed by atoms with van der Waals surface area (Å²) >= 11 is 0. The predicted octanol–water partition coefficient (Wildman–Crippen LogP) is 3.49. The van der Waals surface area contributed by atoms with Crippen molar-refractivity contribution in [2.24, 2.45) is 11.8 Å². The van der Waals surface area contributed by atoms with Crippen molar-refractivity contribution < 1.29 is 4.79 Å². The van der Waals surface area contributed by atoms with Gasteiger partial charge in [0, 0.05) is 19.0 Å². The standard InChI is InChI=1S/C20H24N2O.ClH/c1-16(19-12-21-13-19)20(23)22(14-17-8-4-2-5-9-17)15-18-10-6-3-7-11-18;/h2-11,16,19,21H,12-15H2,1H3;1H. The molecule has 24 heavy (non-hydrogen) atoms. The molecule has 2 aromatic rings. The van der Waals surface area contributed by atoms with Crippen LogP contribution in [0.4, 0.5) is 0 Å². The number of hydrogen-bond acceptors (Lipinski definition) is 2. The van der Waals surface area contributed by atoms with Gasteiger partial charge in [-0.05, 0) is 30.1 Å². The smallest absolute Gasteiger partial charge is 0.226 e. The Morgan fingerprint density at radius 3 is 1.83 bits per heavy atom. The number of benzene rings is 2. The molecule has 1 atom stereocenters. The number of halogens is 1. The Bertz CT molecular complexity index is 587. The van der Waals surface area contributed by atoms with Gasteiger partial charge in [-0.25, -0.2) is 0 Å². The number of carbonyl (C=O) groups is 1. The molecule has 0 radical (unpaired) electrons. The van der Waals surface area contributed by atoms with E-state index < -0.39 is 0 Å². The van der Waals surface area contributed by atoms with E-state index in [1.54, 1.807) is 0 Å². The first-order valence-electron chi connectivity index (χ1n) is 8.31. The van der Waals surface area contributed by atoms with Crippen LogP contribution in [0.15, 0.2) is 60.7 Å². The van der Waals surface area contributed by atoms with E-state index in [0.717, 1.165) is 13.1 Å². The highest BCUT2D eigenvalue weighted by Gasteiger charge is 2.31. The maximum Gasteiger partial charge on any atom is 0.226 e. The molecule has 128 valence electrons. The lowest BCUT2D eigenvalue weighted by atomic mass is 9.87. The summed E-state index contributed by atoms with van der Waals surface area (Å²) in [5, 5.41) is 3.26. The van der Waals surface area contributed by atoms with Crippen LogP contribution < -0.4 is 5.32 Å². The minimum absolute atomic E-state index is 0. The third-order valence-corrected chi connectivity index (χ3v) is 4.65. The second kappa shape index (κ2) is 8.86. The number of nitrogens with one attached hydrogen (secondary N) is 1. The third kappa shape index (κ3) is 4.59. The van der Waals surface area contributed by atoms with E-state index >= 15 is 0 Å². The Morgan fingerprint density at radius 1 is 1.00 bits per heavy atom. The van der Waals surface area contributed by atoms with Gasteiger partial charge in [0.1, 0.15) is 0 Å². The van der Waals surface area contributed by atoms with Crippen LogP contribution >= 0.6 is 12.4 Å². The molecule has 3 rings (SSSR count). The first kappa shape index (κ1) is 18.5. The lowest BCUT2D eigenvalue weighted by Gasteiger charge is -2.35. The molecule has 1 heterocycles. The van der Waals surface area contributed by atoms with E-state index in [1.165, 1.54) is 11.1 Å². The molecule has 1 fully saturated rings. The van der Waals surface area contributed by atoms with Crippen molar-refractivity contribution in [2.75, 3.05) is 13.1 Å². The third-order valence-electron chi connectivity index (χ3n) is 4.65. The first-order chi connectivity index (χ1) is 11.2. The summed E-state index contributed by atoms with van der Waals surface area (Å²) in [7, 11) is 0. The van der Waals surface area contributed by atoms with Gasteiger partial charge in [0.05, 0.1) is 0 Å². The zero-order valence-corrected chi connectivity index (χ0v) is 14.8. The summed E-state index contributed by atoms with van der Waals surface area (Å²) in [4.78, 5) is 15.0. The monoisotopic (exact) mass is 344 g/mol. The highest BCUT2D eigenvalue weighted by atomic mass is 35.5. The molecule has 2 aromatic carbocycles. The highest BCUT2D eigenvalue weighted by molar-refractivity contribution is 5.85. The summed E-state index contributed by atoms with van der Waals surface area (Å²) in [5.41, 5.74) is 2.35. The molecule has 0 spiro atoms. The van der Waals surface area contributed by atoms with Gasteiger partial charge < -0.3 is 10.2 Å². The van der Waals surface area contributed by atoms with Gasteiger partial charge in [-0.2, -0.15) is 0 Å². The van der Waals surface area contributed by atoms with Crippen LogP contribution in [0.5, 0.6) is 0 Å². The summed E-state index contributed by atoms with van der Waals surface area (Å²) in [5.74, 6) is 0.796. The average molecular weight is 345 g/mol. The minimum Gasteiger partial charge on any atom is -0.334 e. The number of amides is 1. The van der Waals surface area contributed by atoms with Crippen LogP contribution in [0.2, 0.25) is 0 Å². The summed E-state index contributed by atoms with van der Waals surface area (Å²) < 4.78 is 0. The number of rotatable bonds is 6. The molecule has 1 N–H and O–H groups in total. The van der Waals surface area contributed by atoms with Gasteiger partial charge in [0.15, 0.2) is 0 Å². The lowest BCUT2D eigenvalue weighted by molar-refractivity contribution is -0.138. The number of nitrogens with zero attached hydrogens (tertiary/aromatic N) is 1. The fourth-order valence-electron chi connectivity index (χ4n) is 2.97. The highest BCUT2D eigenvalue weighted by Crippen LogP contribution is 2.21. The van der Waals surface area contributed by atoms with Crippen LogP contribution in [0.1, 0.15) is 18.1 Å². The Kier molecular flexibility index (Phi) is 6.83. The van der Waals surface area contributed by atoms with Crippen molar-refractivity contribution in [2.45, 2.75) is 20.0 Å². The predicted molar refractivity (Wildman–Crippen MR) is 99.9 cm³/mol. The van der Waals surface area contributed by atoms with Crippen molar-refractivity contribution in [1.29, 1.82) is 0 Å². The Balaban J connectivity index is 0.00000208. The number of hydrogen-bond donors (Lipinski definition) is 1. The van der Waals surface area contributed by atoms with Crippen molar-refractivity contribution in [1.82, 2.24) is 10.2 Å². The lowest BCUT2D eigenvalue weighted by Crippen LogP contribution is -2.50. The number of carbonyl (C=O) groups excluding carboxylic acids is 1. The van der Waals surface area contributed by atoms with Crippen molar-refractivity contribution in [3.63, 3.8) is 0 Å². The molecular formula is C20H25ClN2O. The van der Waals surface area contributed by atoms with Crippen LogP contribution in [0.3, 0.4) is 0 Å². The van der Waals surface area contributed by atoms with E-state index in [4.69, 9.17) is 0 Å². The van der Waals surface area contributed by atoms with Crippen LogP contribution in [-0.4, -0.2) is 23.9 Å². The second-order valence-corrected chi connectivity index (χ2v) is 6.37. The topological polar surface area (TPSA) is 32.3 Å². The van der Waals surface area contributed by atoms with E-state index in [-0.39, 0.29) is 24.2 Å². The maximum atomic E-state index is 13.0. The molecule has 0 aliphatic carbocycles. The van der Waals surface area contributed by atoms with E-state index in [9.17, 15) is 4.79 Å². The van der Waals surface area contributed by atoms with Gasteiger partial charge in [-0.3, -0.25) is 4.79 Å². The van der Waals surface area contributed by atoms with E-state index in [0.29, 0.717) is 19.0 Å². The molecule has 1 unspecified atom stereocenters. The Hall–Kier alpha value is -1.84. The Labute approximate surface area is 150 Å².